The normalized spacial score (nSPS) is 19.4. The van der Waals surface area contributed by atoms with Crippen molar-refractivity contribution in [3.63, 3.8) is 0 Å². The molecule has 17 heavy (non-hydrogen) atoms. The number of benzene rings is 1. The molecule has 0 spiro atoms. The Hall–Kier alpha value is -1.71. The Labute approximate surface area is 102 Å². The van der Waals surface area contributed by atoms with Crippen LogP contribution >= 0.6 is 0 Å². The fraction of sp³-hybridized carbons (Fsp3) is 0.462. The highest BCUT2D eigenvalue weighted by atomic mass is 16.1. The standard InChI is InChI=1S/C13H19N3O/c1-9-5-6-16(8-9)12-7-10(14)3-4-11(12)13(17)15-2/h3-4,7,9H,5-6,8,14H2,1-2H3,(H,15,17). The van der Waals surface area contributed by atoms with Crippen LogP contribution in [0, 0.1) is 5.92 Å². The van der Waals surface area contributed by atoms with Crippen molar-refractivity contribution in [1.82, 2.24) is 5.32 Å². The third-order valence-corrected chi connectivity index (χ3v) is 3.26. The van der Waals surface area contributed by atoms with Crippen LogP contribution < -0.4 is 16.0 Å². The smallest absolute Gasteiger partial charge is 0.253 e. The molecular weight excluding hydrogens is 214 g/mol. The zero-order valence-electron chi connectivity index (χ0n) is 10.4. The second-order valence-corrected chi connectivity index (χ2v) is 4.70. The molecule has 92 valence electrons. The summed E-state index contributed by atoms with van der Waals surface area (Å²) in [6.07, 6.45) is 1.17. The second-order valence-electron chi connectivity index (χ2n) is 4.70. The van der Waals surface area contributed by atoms with Gasteiger partial charge in [-0.1, -0.05) is 6.92 Å². The number of anilines is 2. The first-order chi connectivity index (χ1) is 8.11. The van der Waals surface area contributed by atoms with Gasteiger partial charge in [0.25, 0.3) is 5.91 Å². The molecule has 0 aliphatic carbocycles. The van der Waals surface area contributed by atoms with Crippen LogP contribution in [0.1, 0.15) is 23.7 Å². The molecule has 1 amide bonds. The zero-order valence-corrected chi connectivity index (χ0v) is 10.4. The van der Waals surface area contributed by atoms with E-state index < -0.39 is 0 Å². The molecule has 1 fully saturated rings. The fourth-order valence-corrected chi connectivity index (χ4v) is 2.29. The van der Waals surface area contributed by atoms with Crippen LogP contribution in [-0.4, -0.2) is 26.0 Å². The number of hydrogen-bond donors (Lipinski definition) is 2. The molecule has 1 atom stereocenters. The molecule has 4 heteroatoms. The number of amides is 1. The number of nitrogens with zero attached hydrogens (tertiary/aromatic N) is 1. The maximum absolute atomic E-state index is 11.8. The lowest BCUT2D eigenvalue weighted by Gasteiger charge is -2.21. The van der Waals surface area contributed by atoms with Crippen LogP contribution in [0.25, 0.3) is 0 Å². The highest BCUT2D eigenvalue weighted by molar-refractivity contribution is 6.00. The Morgan fingerprint density at radius 1 is 1.53 bits per heavy atom. The minimum absolute atomic E-state index is 0.0560. The second kappa shape index (κ2) is 4.65. The first kappa shape index (κ1) is 11.8. The van der Waals surface area contributed by atoms with E-state index in [9.17, 15) is 4.79 Å². The summed E-state index contributed by atoms with van der Waals surface area (Å²) in [5.41, 5.74) is 8.17. The van der Waals surface area contributed by atoms with Gasteiger partial charge in [-0.2, -0.15) is 0 Å². The minimum atomic E-state index is -0.0560. The van der Waals surface area contributed by atoms with Gasteiger partial charge in [-0.25, -0.2) is 0 Å². The summed E-state index contributed by atoms with van der Waals surface area (Å²) >= 11 is 0. The van der Waals surface area contributed by atoms with Crippen LogP contribution in [0.5, 0.6) is 0 Å². The lowest BCUT2D eigenvalue weighted by Crippen LogP contribution is -2.25. The SMILES string of the molecule is CNC(=O)c1ccc(N)cc1N1CCC(C)C1. The third kappa shape index (κ3) is 2.35. The first-order valence-corrected chi connectivity index (χ1v) is 5.98. The van der Waals surface area contributed by atoms with E-state index in [-0.39, 0.29) is 5.91 Å². The molecule has 1 aromatic carbocycles. The average molecular weight is 233 g/mol. The number of hydrogen-bond acceptors (Lipinski definition) is 3. The molecule has 1 aliphatic rings. The highest BCUT2D eigenvalue weighted by Gasteiger charge is 2.23. The Morgan fingerprint density at radius 3 is 2.88 bits per heavy atom. The number of nitrogen functional groups attached to an aromatic ring is 1. The van der Waals surface area contributed by atoms with Crippen molar-refractivity contribution < 1.29 is 4.79 Å². The summed E-state index contributed by atoms with van der Waals surface area (Å²) in [7, 11) is 1.65. The van der Waals surface area contributed by atoms with Gasteiger partial charge in [-0.05, 0) is 30.5 Å². The molecule has 1 aliphatic heterocycles. The van der Waals surface area contributed by atoms with E-state index in [0.717, 1.165) is 18.8 Å². The summed E-state index contributed by atoms with van der Waals surface area (Å²) in [6, 6.07) is 5.46. The van der Waals surface area contributed by atoms with Gasteiger partial charge in [0.2, 0.25) is 0 Å². The molecule has 2 rings (SSSR count). The van der Waals surface area contributed by atoms with Gasteiger partial charge >= 0.3 is 0 Å². The van der Waals surface area contributed by atoms with Crippen LogP contribution in [0.2, 0.25) is 0 Å². The predicted octanol–water partition coefficient (Wildman–Crippen LogP) is 1.47. The van der Waals surface area contributed by atoms with E-state index in [2.05, 4.69) is 17.1 Å². The maximum atomic E-state index is 11.8. The van der Waals surface area contributed by atoms with Crippen molar-refractivity contribution >= 4 is 17.3 Å². The van der Waals surface area contributed by atoms with Gasteiger partial charge in [0.15, 0.2) is 0 Å². The maximum Gasteiger partial charge on any atom is 0.253 e. The predicted molar refractivity (Wildman–Crippen MR) is 70.2 cm³/mol. The Bertz CT molecular complexity index is 431. The van der Waals surface area contributed by atoms with Gasteiger partial charge in [-0.15, -0.1) is 0 Å². The largest absolute Gasteiger partial charge is 0.399 e. The monoisotopic (exact) mass is 233 g/mol. The Balaban J connectivity index is 2.36. The van der Waals surface area contributed by atoms with Crippen molar-refractivity contribution in [3.8, 4) is 0 Å². The van der Waals surface area contributed by atoms with Crippen molar-refractivity contribution in [1.29, 1.82) is 0 Å². The summed E-state index contributed by atoms with van der Waals surface area (Å²) in [5.74, 6) is 0.619. The van der Waals surface area contributed by atoms with Gasteiger partial charge in [-0.3, -0.25) is 4.79 Å². The van der Waals surface area contributed by atoms with Crippen LogP contribution in [0.4, 0.5) is 11.4 Å². The topological polar surface area (TPSA) is 58.4 Å². The number of nitrogens with one attached hydrogen (secondary N) is 1. The third-order valence-electron chi connectivity index (χ3n) is 3.26. The molecule has 1 heterocycles. The molecule has 3 N–H and O–H groups in total. The summed E-state index contributed by atoms with van der Waals surface area (Å²) in [4.78, 5) is 14.0. The lowest BCUT2D eigenvalue weighted by atomic mass is 10.1. The molecular formula is C13H19N3O. The molecule has 0 bridgehead atoms. The molecule has 1 saturated heterocycles. The van der Waals surface area contributed by atoms with Crippen molar-refractivity contribution in [2.45, 2.75) is 13.3 Å². The summed E-state index contributed by atoms with van der Waals surface area (Å²) < 4.78 is 0. The van der Waals surface area contributed by atoms with Crippen LogP contribution in [0.3, 0.4) is 0 Å². The summed E-state index contributed by atoms with van der Waals surface area (Å²) in [5, 5.41) is 2.67. The number of rotatable bonds is 2. The van der Waals surface area contributed by atoms with E-state index in [1.54, 1.807) is 19.2 Å². The van der Waals surface area contributed by atoms with Crippen LogP contribution in [0.15, 0.2) is 18.2 Å². The molecule has 4 nitrogen and oxygen atoms in total. The molecule has 1 unspecified atom stereocenters. The molecule has 1 aromatic rings. The van der Waals surface area contributed by atoms with Crippen molar-refractivity contribution in [2.24, 2.45) is 5.92 Å². The van der Waals surface area contributed by atoms with Gasteiger partial charge in [0.05, 0.1) is 11.3 Å². The molecule has 0 saturated carbocycles. The Kier molecular flexibility index (Phi) is 3.22. The van der Waals surface area contributed by atoms with Gasteiger partial charge in [0, 0.05) is 25.8 Å². The van der Waals surface area contributed by atoms with E-state index in [4.69, 9.17) is 5.73 Å². The van der Waals surface area contributed by atoms with Crippen molar-refractivity contribution in [2.75, 3.05) is 30.8 Å². The van der Waals surface area contributed by atoms with Gasteiger partial charge in [0.1, 0.15) is 0 Å². The van der Waals surface area contributed by atoms with E-state index in [1.165, 1.54) is 6.42 Å². The first-order valence-electron chi connectivity index (χ1n) is 5.98. The molecule has 0 radical (unpaired) electrons. The quantitative estimate of drug-likeness (QED) is 0.761. The number of carbonyl (C=O) groups is 1. The minimum Gasteiger partial charge on any atom is -0.399 e. The van der Waals surface area contributed by atoms with Crippen molar-refractivity contribution in [3.05, 3.63) is 23.8 Å². The molecule has 0 aromatic heterocycles. The number of nitrogens with two attached hydrogens (primary N) is 1. The van der Waals surface area contributed by atoms with Crippen LogP contribution in [-0.2, 0) is 0 Å². The van der Waals surface area contributed by atoms with Gasteiger partial charge < -0.3 is 16.0 Å². The van der Waals surface area contributed by atoms with E-state index >= 15 is 0 Å². The van der Waals surface area contributed by atoms with E-state index in [1.807, 2.05) is 6.07 Å². The highest BCUT2D eigenvalue weighted by Crippen LogP contribution is 2.28. The lowest BCUT2D eigenvalue weighted by molar-refractivity contribution is 0.0963. The van der Waals surface area contributed by atoms with E-state index in [0.29, 0.717) is 17.2 Å². The number of carbonyl (C=O) groups excluding carboxylic acids is 1. The fourth-order valence-electron chi connectivity index (χ4n) is 2.29. The average Bonchev–Trinajstić information content (AvgIpc) is 2.75. The zero-order chi connectivity index (χ0) is 12.4. The summed E-state index contributed by atoms with van der Waals surface area (Å²) in [6.45, 7) is 4.22. The Morgan fingerprint density at radius 2 is 2.29 bits per heavy atom.